The van der Waals surface area contributed by atoms with Crippen molar-refractivity contribution in [3.05, 3.63) is 0 Å². The molecule has 1 heterocycles. The van der Waals surface area contributed by atoms with Crippen LogP contribution in [0, 0.1) is 5.41 Å². The molecule has 5 nitrogen and oxygen atoms in total. The van der Waals surface area contributed by atoms with Crippen molar-refractivity contribution in [3.63, 3.8) is 0 Å². The summed E-state index contributed by atoms with van der Waals surface area (Å²) in [6.07, 6.45) is -0.651. The van der Waals surface area contributed by atoms with Gasteiger partial charge in [0.05, 0.1) is 11.2 Å². The first-order valence-corrected chi connectivity index (χ1v) is 5.73. The predicted octanol–water partition coefficient (Wildman–Crippen LogP) is 0.715. The molecule has 2 N–H and O–H groups in total. The fourth-order valence-electron chi connectivity index (χ4n) is 2.51. The third kappa shape index (κ3) is 1.78. The SMILES string of the molecule is CC(C)(C)OC(=O)N1CC2(C1)C(B(O)O)C2(F)F. The second-order valence-corrected chi connectivity index (χ2v) is 6.01. The Hall–Kier alpha value is -0.885. The minimum absolute atomic E-state index is 0.197. The number of alkyl halides is 2. The van der Waals surface area contributed by atoms with E-state index in [9.17, 15) is 13.6 Å². The van der Waals surface area contributed by atoms with Gasteiger partial charge in [0.15, 0.2) is 0 Å². The highest BCUT2D eigenvalue weighted by molar-refractivity contribution is 6.45. The first-order chi connectivity index (χ1) is 8.01. The van der Waals surface area contributed by atoms with E-state index in [4.69, 9.17) is 14.8 Å². The number of halogens is 2. The molecule has 2 fully saturated rings. The zero-order chi connectivity index (χ0) is 13.9. The third-order valence-electron chi connectivity index (χ3n) is 3.46. The summed E-state index contributed by atoms with van der Waals surface area (Å²) < 4.78 is 31.9. The highest BCUT2D eigenvalue weighted by Gasteiger charge is 2.87. The lowest BCUT2D eigenvalue weighted by atomic mass is 9.75. The minimum Gasteiger partial charge on any atom is -0.444 e. The van der Waals surface area contributed by atoms with E-state index in [-0.39, 0.29) is 13.1 Å². The predicted molar refractivity (Wildman–Crippen MR) is 59.1 cm³/mol. The number of hydrogen-bond acceptors (Lipinski definition) is 4. The normalized spacial score (nSPS) is 27.7. The molecule has 1 amide bonds. The summed E-state index contributed by atoms with van der Waals surface area (Å²) in [5.41, 5.74) is -2.15. The van der Waals surface area contributed by atoms with Crippen LogP contribution in [-0.2, 0) is 4.74 Å². The quantitative estimate of drug-likeness (QED) is 0.684. The molecule has 1 saturated heterocycles. The maximum atomic E-state index is 13.4. The van der Waals surface area contributed by atoms with Crippen molar-refractivity contribution in [2.24, 2.45) is 5.41 Å². The van der Waals surface area contributed by atoms with Gasteiger partial charge in [0, 0.05) is 13.1 Å². The van der Waals surface area contributed by atoms with E-state index >= 15 is 0 Å². The van der Waals surface area contributed by atoms with Crippen LogP contribution in [0.25, 0.3) is 0 Å². The molecule has 1 unspecified atom stereocenters. The lowest BCUT2D eigenvalue weighted by Gasteiger charge is -2.40. The van der Waals surface area contributed by atoms with Crippen molar-refractivity contribution < 1.29 is 28.4 Å². The van der Waals surface area contributed by atoms with Crippen LogP contribution in [0.1, 0.15) is 20.8 Å². The molecule has 0 aromatic heterocycles. The zero-order valence-electron chi connectivity index (χ0n) is 10.5. The summed E-state index contributed by atoms with van der Waals surface area (Å²) in [6.45, 7) is 4.67. The highest BCUT2D eigenvalue weighted by Crippen LogP contribution is 2.74. The van der Waals surface area contributed by atoms with Gasteiger partial charge in [-0.05, 0) is 20.8 Å². The molecule has 1 aliphatic heterocycles. The Morgan fingerprint density at radius 1 is 1.39 bits per heavy atom. The number of carbonyl (C=O) groups excluding carboxylic acids is 1. The largest absolute Gasteiger partial charge is 0.461 e. The summed E-state index contributed by atoms with van der Waals surface area (Å²) in [5, 5.41) is 17.8. The second kappa shape index (κ2) is 3.57. The van der Waals surface area contributed by atoms with Gasteiger partial charge < -0.3 is 19.7 Å². The van der Waals surface area contributed by atoms with Gasteiger partial charge in [-0.25, -0.2) is 13.6 Å². The zero-order valence-corrected chi connectivity index (χ0v) is 10.5. The standard InChI is InChI=1S/C10H16BF2NO4/c1-8(2,3)18-7(15)14-4-9(5-14)6(11(16)17)10(9,12)13/h6,16-17H,4-5H2,1-3H3. The Balaban J connectivity index is 1.94. The van der Waals surface area contributed by atoms with Crippen LogP contribution in [0.15, 0.2) is 0 Å². The number of ether oxygens (including phenoxy) is 1. The molecule has 0 aromatic carbocycles. The summed E-state index contributed by atoms with van der Waals surface area (Å²) in [4.78, 5) is 12.7. The minimum atomic E-state index is -3.13. The van der Waals surface area contributed by atoms with Gasteiger partial charge in [-0.3, -0.25) is 0 Å². The van der Waals surface area contributed by atoms with Gasteiger partial charge in [-0.1, -0.05) is 0 Å². The van der Waals surface area contributed by atoms with E-state index in [0.29, 0.717) is 0 Å². The molecular weight excluding hydrogens is 247 g/mol. The summed E-state index contributed by atoms with van der Waals surface area (Å²) in [7, 11) is -2.05. The molecule has 102 valence electrons. The van der Waals surface area contributed by atoms with Crippen molar-refractivity contribution in [3.8, 4) is 0 Å². The van der Waals surface area contributed by atoms with E-state index < -0.39 is 36.0 Å². The molecule has 0 bridgehead atoms. The Kier molecular flexibility index (Phi) is 2.69. The van der Waals surface area contributed by atoms with E-state index in [0.717, 1.165) is 4.90 Å². The van der Waals surface area contributed by atoms with E-state index in [2.05, 4.69) is 0 Å². The molecule has 8 heteroatoms. The van der Waals surface area contributed by atoms with E-state index in [1.807, 2.05) is 0 Å². The van der Waals surface area contributed by atoms with Crippen molar-refractivity contribution in [2.45, 2.75) is 38.1 Å². The lowest BCUT2D eigenvalue weighted by Crippen LogP contribution is -2.55. The second-order valence-electron chi connectivity index (χ2n) is 6.01. The molecule has 0 radical (unpaired) electrons. The van der Waals surface area contributed by atoms with Gasteiger partial charge in [0.1, 0.15) is 5.60 Å². The van der Waals surface area contributed by atoms with Crippen molar-refractivity contribution >= 4 is 13.2 Å². The molecule has 2 aliphatic rings. The van der Waals surface area contributed by atoms with E-state index in [1.165, 1.54) is 0 Å². The first kappa shape index (κ1) is 13.5. The van der Waals surface area contributed by atoms with Crippen molar-refractivity contribution in [1.82, 2.24) is 4.90 Å². The fourth-order valence-corrected chi connectivity index (χ4v) is 2.51. The average molecular weight is 263 g/mol. The Morgan fingerprint density at radius 2 is 1.89 bits per heavy atom. The van der Waals surface area contributed by atoms with Crippen LogP contribution in [0.5, 0.6) is 0 Å². The maximum absolute atomic E-state index is 13.4. The number of amides is 1. The Labute approximate surface area is 104 Å². The molecule has 0 aromatic rings. The Morgan fingerprint density at radius 3 is 2.22 bits per heavy atom. The van der Waals surface area contributed by atoms with Crippen molar-refractivity contribution in [2.75, 3.05) is 13.1 Å². The van der Waals surface area contributed by atoms with Crippen LogP contribution in [0.2, 0.25) is 5.82 Å². The Bertz CT molecular complexity index is 377. The molecule has 18 heavy (non-hydrogen) atoms. The van der Waals surface area contributed by atoms with Gasteiger partial charge in [-0.15, -0.1) is 0 Å². The molecule has 1 saturated carbocycles. The smallest absolute Gasteiger partial charge is 0.444 e. The summed E-state index contributed by atoms with van der Waals surface area (Å²) >= 11 is 0. The maximum Gasteiger partial charge on any atom is 0.461 e. The number of carbonyl (C=O) groups is 1. The van der Waals surface area contributed by atoms with Crippen LogP contribution in [0.3, 0.4) is 0 Å². The van der Waals surface area contributed by atoms with Gasteiger partial charge >= 0.3 is 13.2 Å². The molecule has 1 atom stereocenters. The monoisotopic (exact) mass is 263 g/mol. The van der Waals surface area contributed by atoms with Crippen LogP contribution >= 0.6 is 0 Å². The van der Waals surface area contributed by atoms with Crippen molar-refractivity contribution in [1.29, 1.82) is 0 Å². The molecular formula is C10H16BF2NO4. The van der Waals surface area contributed by atoms with Gasteiger partial charge in [0.25, 0.3) is 5.92 Å². The topological polar surface area (TPSA) is 70.0 Å². The van der Waals surface area contributed by atoms with Crippen LogP contribution < -0.4 is 0 Å². The highest BCUT2D eigenvalue weighted by atomic mass is 19.3. The number of rotatable bonds is 1. The fraction of sp³-hybridized carbons (Fsp3) is 0.900. The molecule has 1 aliphatic carbocycles. The lowest BCUT2D eigenvalue weighted by molar-refractivity contribution is -0.0416. The third-order valence-corrected chi connectivity index (χ3v) is 3.46. The number of nitrogens with zero attached hydrogens (tertiary/aromatic N) is 1. The summed E-state index contributed by atoms with van der Waals surface area (Å²) in [5.74, 6) is -4.61. The number of hydrogen-bond donors (Lipinski definition) is 2. The van der Waals surface area contributed by atoms with Crippen LogP contribution in [0.4, 0.5) is 13.6 Å². The summed E-state index contributed by atoms with van der Waals surface area (Å²) in [6, 6.07) is 0. The van der Waals surface area contributed by atoms with Crippen LogP contribution in [-0.4, -0.2) is 52.8 Å². The van der Waals surface area contributed by atoms with Gasteiger partial charge in [-0.2, -0.15) is 0 Å². The van der Waals surface area contributed by atoms with E-state index in [1.54, 1.807) is 20.8 Å². The molecule has 1 spiro atoms. The number of likely N-dealkylation sites (tertiary alicyclic amines) is 1. The van der Waals surface area contributed by atoms with Gasteiger partial charge in [0.2, 0.25) is 0 Å². The first-order valence-electron chi connectivity index (χ1n) is 5.73. The molecule has 2 rings (SSSR count). The average Bonchev–Trinajstić information content (AvgIpc) is 2.56.